The molecule has 0 saturated heterocycles. The van der Waals surface area contributed by atoms with Gasteiger partial charge in [0.1, 0.15) is 5.82 Å². The summed E-state index contributed by atoms with van der Waals surface area (Å²) in [4.78, 5) is 11.8. The second-order valence-electron chi connectivity index (χ2n) is 3.91. The van der Waals surface area contributed by atoms with Gasteiger partial charge < -0.3 is 0 Å². The maximum atomic E-state index is 11.8. The number of hydrogen-bond acceptors (Lipinski definition) is 3. The molecular weight excluding hydrogens is 190 g/mol. The SMILES string of the molecule is Cc1nnc2ccc(C(=O)C(C)C)cn12. The van der Waals surface area contributed by atoms with Gasteiger partial charge in [0.2, 0.25) is 0 Å². The van der Waals surface area contributed by atoms with E-state index in [1.165, 1.54) is 0 Å². The lowest BCUT2D eigenvalue weighted by Crippen LogP contribution is -2.08. The van der Waals surface area contributed by atoms with Crippen LogP contribution in [0.25, 0.3) is 5.65 Å². The van der Waals surface area contributed by atoms with Gasteiger partial charge in [-0.3, -0.25) is 9.20 Å². The molecule has 0 N–H and O–H groups in total. The molecule has 0 aromatic carbocycles. The first-order chi connectivity index (χ1) is 7.09. The number of nitrogens with zero attached hydrogens (tertiary/aromatic N) is 3. The molecule has 0 aliphatic rings. The van der Waals surface area contributed by atoms with Crippen LogP contribution < -0.4 is 0 Å². The topological polar surface area (TPSA) is 47.3 Å². The Morgan fingerprint density at radius 1 is 1.33 bits per heavy atom. The molecule has 2 heterocycles. The smallest absolute Gasteiger partial charge is 0.166 e. The van der Waals surface area contributed by atoms with E-state index in [-0.39, 0.29) is 11.7 Å². The fourth-order valence-electron chi connectivity index (χ4n) is 1.48. The van der Waals surface area contributed by atoms with Crippen molar-refractivity contribution in [2.24, 2.45) is 5.92 Å². The van der Waals surface area contributed by atoms with E-state index in [1.54, 1.807) is 12.3 Å². The van der Waals surface area contributed by atoms with Crippen molar-refractivity contribution in [3.8, 4) is 0 Å². The number of carbonyl (C=O) groups excluding carboxylic acids is 1. The molecule has 0 radical (unpaired) electrons. The highest BCUT2D eigenvalue weighted by atomic mass is 16.1. The molecule has 2 aromatic rings. The fraction of sp³-hybridized carbons (Fsp3) is 0.364. The van der Waals surface area contributed by atoms with Crippen molar-refractivity contribution in [2.75, 3.05) is 0 Å². The van der Waals surface area contributed by atoms with Crippen LogP contribution in [0.4, 0.5) is 0 Å². The van der Waals surface area contributed by atoms with Gasteiger partial charge in [-0.15, -0.1) is 10.2 Å². The summed E-state index contributed by atoms with van der Waals surface area (Å²) in [5, 5.41) is 7.91. The molecular formula is C11H13N3O. The normalized spacial score (nSPS) is 11.2. The van der Waals surface area contributed by atoms with Crippen LogP contribution in [0.3, 0.4) is 0 Å². The molecule has 0 atom stereocenters. The number of aryl methyl sites for hydroxylation is 1. The zero-order valence-corrected chi connectivity index (χ0v) is 9.06. The summed E-state index contributed by atoms with van der Waals surface area (Å²) in [5.41, 5.74) is 1.48. The first-order valence-corrected chi connectivity index (χ1v) is 4.95. The Hall–Kier alpha value is -1.71. The third-order valence-corrected chi connectivity index (χ3v) is 2.38. The van der Waals surface area contributed by atoms with Crippen molar-refractivity contribution >= 4 is 11.4 Å². The van der Waals surface area contributed by atoms with E-state index >= 15 is 0 Å². The predicted octanol–water partition coefficient (Wildman–Crippen LogP) is 1.88. The van der Waals surface area contributed by atoms with Crippen molar-refractivity contribution in [2.45, 2.75) is 20.8 Å². The standard InChI is InChI=1S/C11H13N3O/c1-7(2)11(15)9-4-5-10-13-12-8(3)14(10)6-9/h4-7H,1-3H3. The lowest BCUT2D eigenvalue weighted by atomic mass is 10.0. The van der Waals surface area contributed by atoms with Crippen LogP contribution in [0.15, 0.2) is 18.3 Å². The minimum atomic E-state index is 0.0132. The Balaban J connectivity index is 2.55. The fourth-order valence-corrected chi connectivity index (χ4v) is 1.48. The van der Waals surface area contributed by atoms with Crippen LogP contribution >= 0.6 is 0 Å². The van der Waals surface area contributed by atoms with Crippen LogP contribution in [0.2, 0.25) is 0 Å². The summed E-state index contributed by atoms with van der Waals surface area (Å²) in [6.45, 7) is 5.65. The number of fused-ring (bicyclic) bond motifs is 1. The highest BCUT2D eigenvalue weighted by Gasteiger charge is 2.11. The quantitative estimate of drug-likeness (QED) is 0.700. The molecule has 0 saturated carbocycles. The van der Waals surface area contributed by atoms with E-state index in [0.717, 1.165) is 11.5 Å². The van der Waals surface area contributed by atoms with Crippen LogP contribution in [0, 0.1) is 12.8 Å². The van der Waals surface area contributed by atoms with Crippen molar-refractivity contribution in [3.05, 3.63) is 29.7 Å². The maximum Gasteiger partial charge on any atom is 0.166 e. The van der Waals surface area contributed by atoms with E-state index in [1.807, 2.05) is 31.2 Å². The molecule has 0 aliphatic heterocycles. The van der Waals surface area contributed by atoms with Gasteiger partial charge in [0.15, 0.2) is 11.4 Å². The number of Topliss-reactive ketones (excluding diaryl/α,β-unsaturated/α-hetero) is 1. The Bertz CT molecular complexity index is 514. The van der Waals surface area contributed by atoms with Crippen LogP contribution in [-0.2, 0) is 0 Å². The van der Waals surface area contributed by atoms with Crippen LogP contribution in [0.5, 0.6) is 0 Å². The molecule has 15 heavy (non-hydrogen) atoms. The molecule has 2 aromatic heterocycles. The zero-order chi connectivity index (χ0) is 11.0. The average Bonchev–Trinajstić information content (AvgIpc) is 2.59. The van der Waals surface area contributed by atoms with Gasteiger partial charge in [-0.05, 0) is 19.1 Å². The second-order valence-corrected chi connectivity index (χ2v) is 3.91. The predicted molar refractivity (Wildman–Crippen MR) is 56.9 cm³/mol. The van der Waals surface area contributed by atoms with Gasteiger partial charge in [-0.25, -0.2) is 0 Å². The molecule has 78 valence electrons. The van der Waals surface area contributed by atoms with Crippen molar-refractivity contribution in [1.29, 1.82) is 0 Å². The number of aromatic nitrogens is 3. The number of rotatable bonds is 2. The Morgan fingerprint density at radius 2 is 2.07 bits per heavy atom. The van der Waals surface area contributed by atoms with E-state index in [4.69, 9.17) is 0 Å². The van der Waals surface area contributed by atoms with Gasteiger partial charge in [-0.1, -0.05) is 13.8 Å². The number of carbonyl (C=O) groups is 1. The summed E-state index contributed by atoms with van der Waals surface area (Å²) >= 11 is 0. The lowest BCUT2D eigenvalue weighted by Gasteiger charge is -2.04. The lowest BCUT2D eigenvalue weighted by molar-refractivity contribution is 0.0939. The third kappa shape index (κ3) is 1.63. The molecule has 0 unspecified atom stereocenters. The first kappa shape index (κ1) is 9.83. The van der Waals surface area contributed by atoms with E-state index in [9.17, 15) is 4.79 Å². The highest BCUT2D eigenvalue weighted by Crippen LogP contribution is 2.10. The van der Waals surface area contributed by atoms with Gasteiger partial charge in [0, 0.05) is 17.7 Å². The maximum absolute atomic E-state index is 11.8. The number of hydrogen-bond donors (Lipinski definition) is 0. The Morgan fingerprint density at radius 3 is 2.73 bits per heavy atom. The Kier molecular flexibility index (Phi) is 2.26. The van der Waals surface area contributed by atoms with Crippen molar-refractivity contribution in [1.82, 2.24) is 14.6 Å². The minimum Gasteiger partial charge on any atom is -0.294 e. The number of pyridine rings is 1. The van der Waals surface area contributed by atoms with Gasteiger partial charge in [0.25, 0.3) is 0 Å². The second kappa shape index (κ2) is 3.46. The van der Waals surface area contributed by atoms with Gasteiger partial charge >= 0.3 is 0 Å². The zero-order valence-electron chi connectivity index (χ0n) is 9.06. The summed E-state index contributed by atoms with van der Waals surface area (Å²) in [7, 11) is 0. The summed E-state index contributed by atoms with van der Waals surface area (Å²) in [6.07, 6.45) is 1.80. The monoisotopic (exact) mass is 203 g/mol. The summed E-state index contributed by atoms with van der Waals surface area (Å²) in [6, 6.07) is 3.61. The summed E-state index contributed by atoms with van der Waals surface area (Å²) in [5.74, 6) is 0.952. The third-order valence-electron chi connectivity index (χ3n) is 2.38. The highest BCUT2D eigenvalue weighted by molar-refractivity contribution is 5.97. The molecule has 4 nitrogen and oxygen atoms in total. The van der Waals surface area contributed by atoms with Crippen LogP contribution in [-0.4, -0.2) is 20.4 Å². The van der Waals surface area contributed by atoms with E-state index in [2.05, 4.69) is 10.2 Å². The van der Waals surface area contributed by atoms with Gasteiger partial charge in [-0.2, -0.15) is 0 Å². The van der Waals surface area contributed by atoms with Crippen molar-refractivity contribution < 1.29 is 4.79 Å². The molecule has 0 aliphatic carbocycles. The van der Waals surface area contributed by atoms with E-state index in [0.29, 0.717) is 5.56 Å². The molecule has 0 amide bonds. The molecule has 4 heteroatoms. The first-order valence-electron chi connectivity index (χ1n) is 4.95. The van der Waals surface area contributed by atoms with E-state index < -0.39 is 0 Å². The molecule has 0 fully saturated rings. The molecule has 0 bridgehead atoms. The molecule has 2 rings (SSSR count). The van der Waals surface area contributed by atoms with Crippen LogP contribution in [0.1, 0.15) is 30.0 Å². The van der Waals surface area contributed by atoms with Crippen molar-refractivity contribution in [3.63, 3.8) is 0 Å². The number of ketones is 1. The molecule has 0 spiro atoms. The Labute approximate surface area is 87.9 Å². The minimum absolute atomic E-state index is 0.0132. The largest absolute Gasteiger partial charge is 0.294 e. The average molecular weight is 203 g/mol. The summed E-state index contributed by atoms with van der Waals surface area (Å²) < 4.78 is 1.83. The van der Waals surface area contributed by atoms with Gasteiger partial charge in [0.05, 0.1) is 0 Å².